The molecule has 0 fully saturated rings. The summed E-state index contributed by atoms with van der Waals surface area (Å²) in [5.74, 6) is 3.77. The Bertz CT molecular complexity index is 1480. The van der Waals surface area contributed by atoms with Crippen LogP contribution in [0.15, 0.2) is 82.0 Å². The number of nitriles is 1. The van der Waals surface area contributed by atoms with Gasteiger partial charge in [0.2, 0.25) is 5.91 Å². The fourth-order valence-electron chi connectivity index (χ4n) is 4.99. The number of amidine groups is 3. The molecule has 0 aliphatic carbocycles. The minimum Gasteiger partial charge on any atom is -0.388 e. The molecule has 314 valence electrons. The van der Waals surface area contributed by atoms with Crippen LogP contribution < -0.4 is 44.7 Å². The number of nitrogens with one attached hydrogen (secondary N) is 3. The number of nitrogens with zero attached hydrogens (tertiary/aromatic N) is 6. The maximum atomic E-state index is 11.7. The molecule has 0 atom stereocenters. The van der Waals surface area contributed by atoms with Crippen molar-refractivity contribution in [3.8, 4) is 5.97 Å². The van der Waals surface area contributed by atoms with Gasteiger partial charge in [-0.25, -0.2) is 5.26 Å². The molecular weight excluding hydrogens is 723 g/mol. The fourth-order valence-corrected chi connectivity index (χ4v) is 4.99. The third-order valence-corrected chi connectivity index (χ3v) is 7.95. The molecule has 0 unspecified atom stereocenters. The van der Waals surface area contributed by atoms with Gasteiger partial charge in [0.05, 0.1) is 32.8 Å². The molecular formula is C39H67BN14O3. The Morgan fingerprint density at radius 2 is 1.49 bits per heavy atom. The quantitative estimate of drug-likeness (QED) is 0.0163. The van der Waals surface area contributed by atoms with E-state index in [1.807, 2.05) is 55.6 Å². The molecule has 57 heavy (non-hydrogen) atoms. The van der Waals surface area contributed by atoms with Crippen molar-refractivity contribution in [3.05, 3.63) is 83.9 Å². The molecule has 0 bridgehead atoms. The maximum Gasteiger partial charge on any atom is 0.269 e. The summed E-state index contributed by atoms with van der Waals surface area (Å²) in [7, 11) is 3.51. The van der Waals surface area contributed by atoms with E-state index in [1.54, 1.807) is 14.0 Å². The molecule has 0 aliphatic rings. The van der Waals surface area contributed by atoms with Crippen molar-refractivity contribution in [2.45, 2.75) is 38.8 Å². The zero-order valence-electron chi connectivity index (χ0n) is 34.3. The van der Waals surface area contributed by atoms with Gasteiger partial charge in [0.25, 0.3) is 6.71 Å². The lowest BCUT2D eigenvalue weighted by atomic mass is 9.46. The minimum atomic E-state index is 0.00763. The fraction of sp³-hybridized carbons (Fsp3) is 0.487. The molecule has 2 rings (SSSR count). The van der Waals surface area contributed by atoms with E-state index in [0.29, 0.717) is 70.0 Å². The number of nitrogens with two attached hydrogens (primary N) is 5. The summed E-state index contributed by atoms with van der Waals surface area (Å²) in [5, 5.41) is 26.9. The molecule has 13 N–H and O–H groups in total. The van der Waals surface area contributed by atoms with Gasteiger partial charge in [-0.15, -0.1) is 23.4 Å². The highest BCUT2D eigenvalue weighted by Gasteiger charge is 2.16. The second kappa shape index (κ2) is 35.3. The summed E-state index contributed by atoms with van der Waals surface area (Å²) >= 11 is 0. The van der Waals surface area contributed by atoms with Gasteiger partial charge >= 0.3 is 0 Å². The van der Waals surface area contributed by atoms with E-state index < -0.39 is 0 Å². The number of hydrazone groups is 1. The van der Waals surface area contributed by atoms with E-state index in [2.05, 4.69) is 60.4 Å². The molecule has 1 amide bonds. The molecule has 18 heteroatoms. The zero-order chi connectivity index (χ0) is 42.5. The number of likely N-dealkylation sites (N-methyl/N-ethyl adjacent to an activating group) is 1. The number of carbonyl (C=O) groups is 1. The summed E-state index contributed by atoms with van der Waals surface area (Å²) in [6.07, 6.45) is 5.03. The summed E-state index contributed by atoms with van der Waals surface area (Å²) in [6.45, 7) is 14.8. The van der Waals surface area contributed by atoms with Crippen LogP contribution in [0.5, 0.6) is 0 Å². The predicted molar refractivity (Wildman–Crippen MR) is 237 cm³/mol. The van der Waals surface area contributed by atoms with Crippen LogP contribution in [0.1, 0.15) is 35.6 Å². The summed E-state index contributed by atoms with van der Waals surface area (Å²) in [5.41, 5.74) is 34.1. The predicted octanol–water partition coefficient (Wildman–Crippen LogP) is 0.662. The van der Waals surface area contributed by atoms with Crippen molar-refractivity contribution >= 4 is 36.5 Å². The molecule has 0 heterocycles. The SMILES string of the molecule is C/C(N)=N/N=C(\N)c1ccc(CCCB(C#N)CCN(CCOCCN)CCOCCN)cc1.C=C.CN=C(N/N=C/N)c1ccc(CC(=O)NCCNC)cc1. The Balaban J connectivity index is 0.00000116. The van der Waals surface area contributed by atoms with E-state index in [-0.39, 0.29) is 12.6 Å². The first-order valence-corrected chi connectivity index (χ1v) is 19.1. The zero-order valence-corrected chi connectivity index (χ0v) is 34.3. The lowest BCUT2D eigenvalue weighted by Crippen LogP contribution is -2.34. The van der Waals surface area contributed by atoms with Gasteiger partial charge in [-0.2, -0.15) is 5.10 Å². The lowest BCUT2D eigenvalue weighted by Gasteiger charge is -2.22. The largest absolute Gasteiger partial charge is 0.388 e. The first-order valence-electron chi connectivity index (χ1n) is 19.1. The van der Waals surface area contributed by atoms with Crippen LogP contribution in [0, 0.1) is 11.2 Å². The van der Waals surface area contributed by atoms with Crippen LogP contribution in [-0.2, 0) is 27.1 Å². The van der Waals surface area contributed by atoms with E-state index in [4.69, 9.17) is 38.1 Å². The van der Waals surface area contributed by atoms with Gasteiger partial charge in [0.1, 0.15) is 18.0 Å². The molecule has 0 saturated heterocycles. The van der Waals surface area contributed by atoms with Crippen LogP contribution in [0.25, 0.3) is 0 Å². The average molecular weight is 791 g/mol. The highest BCUT2D eigenvalue weighted by Crippen LogP contribution is 2.12. The van der Waals surface area contributed by atoms with Gasteiger partial charge in [-0.05, 0) is 44.4 Å². The van der Waals surface area contributed by atoms with Crippen LogP contribution >= 0.6 is 0 Å². The van der Waals surface area contributed by atoms with Crippen LogP contribution in [0.3, 0.4) is 0 Å². The van der Waals surface area contributed by atoms with Crippen molar-refractivity contribution in [1.82, 2.24) is 21.0 Å². The van der Waals surface area contributed by atoms with Gasteiger partial charge in [-0.3, -0.25) is 20.1 Å². The molecule has 2 aromatic rings. The standard InChI is InChI=1S/C23H41BN8O2.C14H22N6O.C2H4/c1-20(28)30-31-23(29)22-6-4-21(5-7-22)3-2-8-24(19-27)9-12-32(13-17-33-15-10-25)14-18-34-16-11-26;1-16-7-8-18-13(21)9-11-3-5-12(6-4-11)14(17-2)20-19-10-15;1-2/h4-7H,2-3,8-18,25-26H2,1H3,(H2,28,30)(H2,29,31);3-6,10,16H,7-9H2,1-2H3,(H2,15,19)(H,17,20)(H,18,21);1-2H2. The van der Waals surface area contributed by atoms with Crippen LogP contribution in [0.2, 0.25) is 12.6 Å². The Hall–Kier alpha value is -5.16. The highest BCUT2D eigenvalue weighted by atomic mass is 16.5. The smallest absolute Gasteiger partial charge is 0.269 e. The number of hydrogen-bond donors (Lipinski definition) is 8. The number of hydrogen-bond acceptors (Lipinski definition) is 12. The maximum absolute atomic E-state index is 11.7. The molecule has 17 nitrogen and oxygen atoms in total. The van der Waals surface area contributed by atoms with Gasteiger partial charge in [-0.1, -0.05) is 61.3 Å². The third-order valence-electron chi connectivity index (χ3n) is 7.95. The number of ether oxygens (including phenoxy) is 2. The number of carbonyl (C=O) groups excluding carboxylic acids is 1. The van der Waals surface area contributed by atoms with Crippen LogP contribution in [0.4, 0.5) is 0 Å². The van der Waals surface area contributed by atoms with Crippen molar-refractivity contribution in [3.63, 3.8) is 0 Å². The van der Waals surface area contributed by atoms with Crippen molar-refractivity contribution in [2.75, 3.05) is 86.3 Å². The second-order valence-electron chi connectivity index (χ2n) is 12.4. The topological polar surface area (TPSA) is 278 Å². The number of aliphatic imine (C=N–C) groups is 1. The van der Waals surface area contributed by atoms with E-state index in [9.17, 15) is 10.1 Å². The second-order valence-corrected chi connectivity index (χ2v) is 12.4. The Morgan fingerprint density at radius 3 is 2.02 bits per heavy atom. The Labute approximate surface area is 340 Å². The molecule has 0 saturated carbocycles. The summed E-state index contributed by atoms with van der Waals surface area (Å²) < 4.78 is 11.0. The van der Waals surface area contributed by atoms with Gasteiger partial charge in [0.15, 0.2) is 5.84 Å². The summed E-state index contributed by atoms with van der Waals surface area (Å²) in [6, 6.07) is 15.5. The highest BCUT2D eigenvalue weighted by molar-refractivity contribution is 6.66. The Morgan fingerprint density at radius 1 is 0.895 bits per heavy atom. The third kappa shape index (κ3) is 26.4. The van der Waals surface area contributed by atoms with Gasteiger partial charge < -0.3 is 48.8 Å². The monoisotopic (exact) mass is 791 g/mol. The minimum absolute atomic E-state index is 0.00763. The van der Waals surface area contributed by atoms with Crippen molar-refractivity contribution in [2.24, 2.45) is 49.0 Å². The number of rotatable bonds is 26. The summed E-state index contributed by atoms with van der Waals surface area (Å²) in [4.78, 5) is 18.1. The molecule has 0 aliphatic heterocycles. The normalized spacial score (nSPS) is 11.6. The van der Waals surface area contributed by atoms with E-state index in [1.165, 1.54) is 5.56 Å². The van der Waals surface area contributed by atoms with E-state index in [0.717, 1.165) is 74.7 Å². The Kier molecular flexibility index (Phi) is 32.1. The lowest BCUT2D eigenvalue weighted by molar-refractivity contribution is -0.120. The first kappa shape index (κ1) is 51.8. The molecule has 0 radical (unpaired) electrons. The van der Waals surface area contributed by atoms with E-state index >= 15 is 0 Å². The number of benzene rings is 2. The van der Waals surface area contributed by atoms with Crippen LogP contribution in [-0.4, -0.2) is 128 Å². The average Bonchev–Trinajstić information content (AvgIpc) is 3.23. The number of aryl methyl sites for hydroxylation is 1. The molecule has 0 spiro atoms. The van der Waals surface area contributed by atoms with Crippen molar-refractivity contribution in [1.29, 1.82) is 5.26 Å². The molecule has 0 aromatic heterocycles. The molecule has 2 aromatic carbocycles. The van der Waals surface area contributed by atoms with Crippen molar-refractivity contribution < 1.29 is 14.3 Å². The van der Waals surface area contributed by atoms with Gasteiger partial charge in [0, 0.05) is 63.4 Å². The first-order chi connectivity index (χ1) is 27.7. The number of amides is 1.